The number of amides is 2. The fraction of sp³-hybridized carbons (Fsp3) is 0.632. The number of aliphatic hydroxyl groups is 1. The number of carbonyl (C=O) groups is 1. The van der Waals surface area contributed by atoms with Crippen molar-refractivity contribution in [3.05, 3.63) is 35.4 Å². The predicted molar refractivity (Wildman–Crippen MR) is 97.0 cm³/mol. The van der Waals surface area contributed by atoms with Gasteiger partial charge >= 0.3 is 6.03 Å². The van der Waals surface area contributed by atoms with Crippen LogP contribution in [-0.4, -0.2) is 48.3 Å². The molecule has 1 saturated heterocycles. The van der Waals surface area contributed by atoms with Crippen LogP contribution in [0, 0.1) is 6.92 Å². The lowest BCUT2D eigenvalue weighted by Gasteiger charge is -2.28. The van der Waals surface area contributed by atoms with Gasteiger partial charge in [-0.3, -0.25) is 4.90 Å². The Morgan fingerprint density at radius 2 is 1.88 bits per heavy atom. The van der Waals surface area contributed by atoms with E-state index in [-0.39, 0.29) is 18.2 Å². The third kappa shape index (κ3) is 5.80. The number of nitrogens with zero attached hydrogens (tertiary/aromatic N) is 1. The van der Waals surface area contributed by atoms with Crippen LogP contribution >= 0.6 is 0 Å². The highest BCUT2D eigenvalue weighted by molar-refractivity contribution is 5.73. The van der Waals surface area contributed by atoms with Crippen LogP contribution in [0.15, 0.2) is 24.3 Å². The summed E-state index contributed by atoms with van der Waals surface area (Å²) in [6, 6.07) is 8.65. The van der Waals surface area contributed by atoms with Gasteiger partial charge in [0, 0.05) is 13.1 Å². The van der Waals surface area contributed by atoms with Gasteiger partial charge in [0.1, 0.15) is 0 Å². The van der Waals surface area contributed by atoms with Crippen LogP contribution in [0.2, 0.25) is 0 Å². The standard InChI is InChI=1S/C19H31N3O2/c1-3-17(23)10-11-20-19(24)21-14-18(22-12-4-5-13-22)16-8-6-15(2)7-9-16/h6-9,17-18,23H,3-5,10-14H2,1-2H3,(H2,20,21,24). The average molecular weight is 333 g/mol. The second-order valence-corrected chi connectivity index (χ2v) is 6.66. The molecule has 0 saturated carbocycles. The highest BCUT2D eigenvalue weighted by Gasteiger charge is 2.23. The van der Waals surface area contributed by atoms with Gasteiger partial charge in [0.15, 0.2) is 0 Å². The Hall–Kier alpha value is -1.59. The van der Waals surface area contributed by atoms with E-state index in [0.29, 0.717) is 25.9 Å². The number of urea groups is 1. The normalized spacial score (nSPS) is 17.5. The van der Waals surface area contributed by atoms with Crippen LogP contribution in [0.5, 0.6) is 0 Å². The van der Waals surface area contributed by atoms with Crippen LogP contribution in [0.3, 0.4) is 0 Å². The largest absolute Gasteiger partial charge is 0.393 e. The first kappa shape index (κ1) is 18.7. The summed E-state index contributed by atoms with van der Waals surface area (Å²) < 4.78 is 0. The number of benzene rings is 1. The fourth-order valence-electron chi connectivity index (χ4n) is 3.11. The molecule has 0 spiro atoms. The van der Waals surface area contributed by atoms with Crippen LogP contribution in [-0.2, 0) is 0 Å². The molecule has 2 amide bonds. The van der Waals surface area contributed by atoms with Gasteiger partial charge in [-0.2, -0.15) is 0 Å². The van der Waals surface area contributed by atoms with E-state index in [1.165, 1.54) is 24.0 Å². The highest BCUT2D eigenvalue weighted by Crippen LogP contribution is 2.24. The van der Waals surface area contributed by atoms with E-state index in [4.69, 9.17) is 0 Å². The van der Waals surface area contributed by atoms with Crippen LogP contribution < -0.4 is 10.6 Å². The van der Waals surface area contributed by atoms with Gasteiger partial charge in [-0.1, -0.05) is 36.8 Å². The minimum atomic E-state index is -0.338. The number of nitrogens with one attached hydrogen (secondary N) is 2. The SMILES string of the molecule is CCC(O)CCNC(=O)NCC(c1ccc(C)cc1)N1CCCC1. The van der Waals surface area contributed by atoms with Crippen molar-refractivity contribution in [3.63, 3.8) is 0 Å². The van der Waals surface area contributed by atoms with Crippen molar-refractivity contribution < 1.29 is 9.90 Å². The second-order valence-electron chi connectivity index (χ2n) is 6.66. The summed E-state index contributed by atoms with van der Waals surface area (Å²) in [5.41, 5.74) is 2.50. The van der Waals surface area contributed by atoms with Gasteiger partial charge in [-0.15, -0.1) is 0 Å². The molecule has 1 aromatic carbocycles. The van der Waals surface area contributed by atoms with Crippen molar-refractivity contribution in [2.24, 2.45) is 0 Å². The number of aryl methyl sites for hydroxylation is 1. The number of hydrogen-bond donors (Lipinski definition) is 3. The lowest BCUT2D eigenvalue weighted by Crippen LogP contribution is -2.42. The van der Waals surface area contributed by atoms with Crippen molar-refractivity contribution in [1.82, 2.24) is 15.5 Å². The molecule has 0 bridgehead atoms. The molecule has 5 heteroatoms. The third-order valence-electron chi connectivity index (χ3n) is 4.73. The van der Waals surface area contributed by atoms with Crippen molar-refractivity contribution in [3.8, 4) is 0 Å². The zero-order chi connectivity index (χ0) is 17.4. The van der Waals surface area contributed by atoms with Gasteiger partial charge in [0.2, 0.25) is 0 Å². The lowest BCUT2D eigenvalue weighted by atomic mass is 10.0. The molecular formula is C19H31N3O2. The Balaban J connectivity index is 1.86. The van der Waals surface area contributed by atoms with Crippen molar-refractivity contribution in [1.29, 1.82) is 0 Å². The Morgan fingerprint density at radius 3 is 2.50 bits per heavy atom. The molecule has 2 unspecified atom stereocenters. The summed E-state index contributed by atoms with van der Waals surface area (Å²) in [5, 5.41) is 15.3. The zero-order valence-electron chi connectivity index (χ0n) is 14.9. The second kappa shape index (κ2) is 9.64. The molecule has 3 N–H and O–H groups in total. The average Bonchev–Trinajstić information content (AvgIpc) is 3.10. The van der Waals surface area contributed by atoms with Crippen LogP contribution in [0.4, 0.5) is 4.79 Å². The van der Waals surface area contributed by atoms with Gasteiger partial charge in [-0.25, -0.2) is 4.79 Å². The maximum Gasteiger partial charge on any atom is 0.314 e. The summed E-state index contributed by atoms with van der Waals surface area (Å²) >= 11 is 0. The number of hydrogen-bond acceptors (Lipinski definition) is 3. The summed E-state index contributed by atoms with van der Waals surface area (Å²) in [5.74, 6) is 0. The monoisotopic (exact) mass is 333 g/mol. The molecule has 0 aromatic heterocycles. The van der Waals surface area contributed by atoms with Gasteiger partial charge < -0.3 is 15.7 Å². The minimum absolute atomic E-state index is 0.158. The third-order valence-corrected chi connectivity index (χ3v) is 4.73. The summed E-state index contributed by atoms with van der Waals surface area (Å²) in [6.07, 6.45) is 3.42. The van der Waals surface area contributed by atoms with E-state index in [9.17, 15) is 9.90 Å². The quantitative estimate of drug-likeness (QED) is 0.685. The van der Waals surface area contributed by atoms with Crippen molar-refractivity contribution >= 4 is 6.03 Å². The molecule has 1 aliphatic rings. The predicted octanol–water partition coefficient (Wildman–Crippen LogP) is 2.59. The van der Waals surface area contributed by atoms with E-state index in [1.54, 1.807) is 0 Å². The first-order valence-electron chi connectivity index (χ1n) is 9.10. The summed E-state index contributed by atoms with van der Waals surface area (Å²) in [6.45, 7) is 7.30. The first-order chi connectivity index (χ1) is 11.6. The van der Waals surface area contributed by atoms with Crippen LogP contribution in [0.25, 0.3) is 0 Å². The maximum absolute atomic E-state index is 12.0. The highest BCUT2D eigenvalue weighted by atomic mass is 16.3. The molecule has 24 heavy (non-hydrogen) atoms. The number of rotatable bonds is 8. The van der Waals surface area contributed by atoms with E-state index >= 15 is 0 Å². The minimum Gasteiger partial charge on any atom is -0.393 e. The maximum atomic E-state index is 12.0. The van der Waals surface area contributed by atoms with E-state index < -0.39 is 0 Å². The number of carbonyl (C=O) groups excluding carboxylic acids is 1. The Kier molecular flexibility index (Phi) is 7.53. The Morgan fingerprint density at radius 1 is 1.21 bits per heavy atom. The Bertz CT molecular complexity index is 498. The van der Waals surface area contributed by atoms with Gasteiger partial charge in [0.05, 0.1) is 12.1 Å². The lowest BCUT2D eigenvalue weighted by molar-refractivity contribution is 0.159. The van der Waals surface area contributed by atoms with Gasteiger partial charge in [0.25, 0.3) is 0 Å². The Labute approximate surface area is 145 Å². The van der Waals surface area contributed by atoms with Gasteiger partial charge in [-0.05, 0) is 51.3 Å². The fourth-order valence-corrected chi connectivity index (χ4v) is 3.11. The topological polar surface area (TPSA) is 64.6 Å². The molecular weight excluding hydrogens is 302 g/mol. The van der Waals surface area contributed by atoms with E-state index in [2.05, 4.69) is 46.7 Å². The smallest absolute Gasteiger partial charge is 0.314 e. The molecule has 0 aliphatic carbocycles. The number of aliphatic hydroxyl groups excluding tert-OH is 1. The van der Waals surface area contributed by atoms with E-state index in [0.717, 1.165) is 13.1 Å². The molecule has 134 valence electrons. The van der Waals surface area contributed by atoms with E-state index in [1.807, 2.05) is 6.92 Å². The van der Waals surface area contributed by atoms with Crippen molar-refractivity contribution in [2.45, 2.75) is 51.7 Å². The molecule has 0 radical (unpaired) electrons. The molecule has 1 aromatic rings. The summed E-state index contributed by atoms with van der Waals surface area (Å²) in [7, 11) is 0. The van der Waals surface area contributed by atoms with Crippen molar-refractivity contribution in [2.75, 3.05) is 26.2 Å². The zero-order valence-corrected chi connectivity index (χ0v) is 14.9. The number of likely N-dealkylation sites (tertiary alicyclic amines) is 1. The molecule has 2 rings (SSSR count). The molecule has 1 aliphatic heterocycles. The summed E-state index contributed by atoms with van der Waals surface area (Å²) in [4.78, 5) is 14.4. The molecule has 5 nitrogen and oxygen atoms in total. The molecule has 2 atom stereocenters. The van der Waals surface area contributed by atoms with Crippen LogP contribution in [0.1, 0.15) is 49.8 Å². The first-order valence-corrected chi connectivity index (χ1v) is 9.10. The molecule has 1 fully saturated rings. The molecule has 1 heterocycles.